The van der Waals surface area contributed by atoms with Gasteiger partial charge in [-0.25, -0.2) is 4.39 Å². The summed E-state index contributed by atoms with van der Waals surface area (Å²) in [4.78, 5) is 28.0. The number of hydrogen-bond acceptors (Lipinski definition) is 2. The van der Waals surface area contributed by atoms with Crippen LogP contribution in [0.15, 0.2) is 66.7 Å². The molecule has 4 rings (SSSR count). The highest BCUT2D eigenvalue weighted by molar-refractivity contribution is 6.33. The molecule has 0 bridgehead atoms. The zero-order chi connectivity index (χ0) is 23.4. The second-order valence-corrected chi connectivity index (χ2v) is 8.25. The molecular weight excluding hydrogens is 441 g/mol. The Morgan fingerprint density at radius 1 is 1.00 bits per heavy atom. The van der Waals surface area contributed by atoms with Gasteiger partial charge in [-0.1, -0.05) is 35.9 Å². The van der Waals surface area contributed by atoms with Crippen LogP contribution in [0.2, 0.25) is 5.02 Å². The van der Waals surface area contributed by atoms with E-state index in [2.05, 4.69) is 15.6 Å². The molecule has 0 unspecified atom stereocenters. The van der Waals surface area contributed by atoms with Gasteiger partial charge in [0.1, 0.15) is 5.82 Å². The monoisotopic (exact) mass is 463 g/mol. The standard InChI is InChI=1S/C26H23ClFN3O2/c1-16-6-12-23(21(27)14-16)30-25(33)15-29-24(32)13-11-20-19-4-2-3-5-22(19)31-26(20)17-7-9-18(28)10-8-17/h2-10,12,14,31H,11,13,15H2,1H3,(H,29,32)(H,30,33). The van der Waals surface area contributed by atoms with Gasteiger partial charge in [-0.3, -0.25) is 9.59 Å². The normalized spacial score (nSPS) is 10.9. The van der Waals surface area contributed by atoms with Crippen molar-refractivity contribution in [3.63, 3.8) is 0 Å². The lowest BCUT2D eigenvalue weighted by molar-refractivity contribution is -0.124. The van der Waals surface area contributed by atoms with E-state index < -0.39 is 0 Å². The predicted molar refractivity (Wildman–Crippen MR) is 130 cm³/mol. The Labute approximate surface area is 196 Å². The molecule has 2 amide bonds. The number of fused-ring (bicyclic) bond motifs is 1. The summed E-state index contributed by atoms with van der Waals surface area (Å²) in [5, 5.41) is 6.81. The van der Waals surface area contributed by atoms with Gasteiger partial charge in [-0.2, -0.15) is 0 Å². The summed E-state index contributed by atoms with van der Waals surface area (Å²) in [6.07, 6.45) is 0.669. The SMILES string of the molecule is Cc1ccc(NC(=O)CNC(=O)CCc2c(-c3ccc(F)cc3)[nH]c3ccccc23)c(Cl)c1. The fourth-order valence-electron chi connectivity index (χ4n) is 3.74. The number of nitrogens with one attached hydrogen (secondary N) is 3. The first-order valence-electron chi connectivity index (χ1n) is 10.6. The van der Waals surface area contributed by atoms with E-state index in [1.54, 1.807) is 24.3 Å². The number of aryl methyl sites for hydroxylation is 2. The maximum absolute atomic E-state index is 13.4. The molecule has 1 heterocycles. The van der Waals surface area contributed by atoms with Gasteiger partial charge in [-0.05, 0) is 72.5 Å². The van der Waals surface area contributed by atoms with Gasteiger partial charge in [0.25, 0.3) is 0 Å². The molecule has 0 aliphatic carbocycles. The molecule has 3 aromatic carbocycles. The van der Waals surface area contributed by atoms with Gasteiger partial charge in [0.05, 0.1) is 17.3 Å². The van der Waals surface area contributed by atoms with Crippen molar-refractivity contribution >= 4 is 40.0 Å². The van der Waals surface area contributed by atoms with E-state index >= 15 is 0 Å². The molecule has 0 spiro atoms. The molecule has 4 aromatic rings. The zero-order valence-electron chi connectivity index (χ0n) is 18.0. The summed E-state index contributed by atoms with van der Waals surface area (Å²) in [7, 11) is 0. The van der Waals surface area contributed by atoms with Crippen molar-refractivity contribution in [3.05, 3.63) is 88.7 Å². The summed E-state index contributed by atoms with van der Waals surface area (Å²) in [6, 6.07) is 19.4. The number of carbonyl (C=O) groups is 2. The number of anilines is 1. The number of aromatic amines is 1. The molecule has 1 aromatic heterocycles. The largest absolute Gasteiger partial charge is 0.354 e. The third-order valence-corrected chi connectivity index (χ3v) is 5.71. The van der Waals surface area contributed by atoms with Crippen LogP contribution in [0.25, 0.3) is 22.2 Å². The Morgan fingerprint density at radius 3 is 2.52 bits per heavy atom. The predicted octanol–water partition coefficient (Wildman–Crippen LogP) is 5.62. The molecule has 0 saturated carbocycles. The van der Waals surface area contributed by atoms with E-state index in [-0.39, 0.29) is 30.6 Å². The van der Waals surface area contributed by atoms with Crippen molar-refractivity contribution in [1.29, 1.82) is 0 Å². The van der Waals surface area contributed by atoms with E-state index in [9.17, 15) is 14.0 Å². The lowest BCUT2D eigenvalue weighted by atomic mass is 10.0. The second-order valence-electron chi connectivity index (χ2n) is 7.84. The lowest BCUT2D eigenvalue weighted by Crippen LogP contribution is -2.33. The number of amides is 2. The fraction of sp³-hybridized carbons (Fsp3) is 0.154. The minimum atomic E-state index is -0.354. The molecule has 3 N–H and O–H groups in total. The molecule has 0 fully saturated rings. The number of hydrogen-bond donors (Lipinski definition) is 3. The van der Waals surface area contributed by atoms with E-state index in [1.165, 1.54) is 12.1 Å². The zero-order valence-corrected chi connectivity index (χ0v) is 18.8. The van der Waals surface area contributed by atoms with E-state index in [1.807, 2.05) is 37.3 Å². The van der Waals surface area contributed by atoms with Crippen LogP contribution in [0, 0.1) is 12.7 Å². The van der Waals surface area contributed by atoms with Crippen LogP contribution < -0.4 is 10.6 Å². The van der Waals surface area contributed by atoms with Crippen LogP contribution in [0.1, 0.15) is 17.5 Å². The molecule has 0 saturated heterocycles. The van der Waals surface area contributed by atoms with Gasteiger partial charge in [0.2, 0.25) is 11.8 Å². The third-order valence-electron chi connectivity index (χ3n) is 5.39. The van der Waals surface area contributed by atoms with Gasteiger partial charge < -0.3 is 15.6 Å². The quantitative estimate of drug-likeness (QED) is 0.332. The number of aromatic nitrogens is 1. The van der Waals surface area contributed by atoms with Crippen molar-refractivity contribution in [2.75, 3.05) is 11.9 Å². The maximum Gasteiger partial charge on any atom is 0.243 e. The van der Waals surface area contributed by atoms with Crippen LogP contribution in [0.5, 0.6) is 0 Å². The van der Waals surface area contributed by atoms with Crippen molar-refractivity contribution in [3.8, 4) is 11.3 Å². The average molecular weight is 464 g/mol. The van der Waals surface area contributed by atoms with Gasteiger partial charge in [0, 0.05) is 23.0 Å². The number of carbonyl (C=O) groups excluding carboxylic acids is 2. The third kappa shape index (κ3) is 5.41. The number of H-pyrrole nitrogens is 1. The fourth-order valence-corrected chi connectivity index (χ4v) is 4.03. The Morgan fingerprint density at radius 2 is 1.76 bits per heavy atom. The Bertz CT molecular complexity index is 1320. The van der Waals surface area contributed by atoms with Crippen molar-refractivity contribution < 1.29 is 14.0 Å². The number of rotatable bonds is 7. The van der Waals surface area contributed by atoms with E-state index in [0.717, 1.165) is 33.3 Å². The van der Waals surface area contributed by atoms with Gasteiger partial charge in [-0.15, -0.1) is 0 Å². The Kier molecular flexibility index (Phi) is 6.75. The van der Waals surface area contributed by atoms with Gasteiger partial charge >= 0.3 is 0 Å². The number of para-hydroxylation sites is 1. The molecule has 0 atom stereocenters. The molecule has 7 heteroatoms. The lowest BCUT2D eigenvalue weighted by Gasteiger charge is -2.09. The minimum absolute atomic E-state index is 0.151. The summed E-state index contributed by atoms with van der Waals surface area (Å²) in [5.41, 5.74) is 5.12. The molecule has 5 nitrogen and oxygen atoms in total. The summed E-state index contributed by atoms with van der Waals surface area (Å²) < 4.78 is 13.4. The topological polar surface area (TPSA) is 74.0 Å². The second kappa shape index (κ2) is 9.88. The highest BCUT2D eigenvalue weighted by Crippen LogP contribution is 2.31. The van der Waals surface area contributed by atoms with Gasteiger partial charge in [0.15, 0.2) is 0 Å². The minimum Gasteiger partial charge on any atom is -0.354 e. The molecule has 0 aliphatic heterocycles. The van der Waals surface area contributed by atoms with Crippen molar-refractivity contribution in [1.82, 2.24) is 10.3 Å². The summed E-state index contributed by atoms with van der Waals surface area (Å²) in [6.45, 7) is 1.76. The summed E-state index contributed by atoms with van der Waals surface area (Å²) >= 11 is 6.14. The smallest absolute Gasteiger partial charge is 0.243 e. The Balaban J connectivity index is 1.41. The van der Waals surface area contributed by atoms with Crippen LogP contribution in [0.3, 0.4) is 0 Å². The summed E-state index contributed by atoms with van der Waals surface area (Å²) in [5.74, 6) is -0.898. The van der Waals surface area contributed by atoms with E-state index in [0.29, 0.717) is 17.1 Å². The highest BCUT2D eigenvalue weighted by atomic mass is 35.5. The van der Waals surface area contributed by atoms with Crippen LogP contribution in [-0.4, -0.2) is 23.3 Å². The molecular formula is C26H23ClFN3O2. The molecule has 168 valence electrons. The molecule has 0 radical (unpaired) electrons. The van der Waals surface area contributed by atoms with E-state index in [4.69, 9.17) is 11.6 Å². The Hall–Kier alpha value is -3.64. The van der Waals surface area contributed by atoms with Crippen LogP contribution in [0.4, 0.5) is 10.1 Å². The molecule has 0 aliphatic rings. The number of benzene rings is 3. The first-order valence-corrected chi connectivity index (χ1v) is 11.0. The first kappa shape index (κ1) is 22.6. The van der Waals surface area contributed by atoms with Crippen molar-refractivity contribution in [2.45, 2.75) is 19.8 Å². The highest BCUT2D eigenvalue weighted by Gasteiger charge is 2.15. The molecule has 33 heavy (non-hydrogen) atoms. The van der Waals surface area contributed by atoms with Crippen LogP contribution >= 0.6 is 11.6 Å². The first-order chi connectivity index (χ1) is 15.9. The maximum atomic E-state index is 13.4. The van der Waals surface area contributed by atoms with Crippen molar-refractivity contribution in [2.24, 2.45) is 0 Å². The average Bonchev–Trinajstić information content (AvgIpc) is 3.17. The van der Waals surface area contributed by atoms with Crippen LogP contribution in [-0.2, 0) is 16.0 Å². The number of halogens is 2.